The molecule has 2 aliphatic heterocycles. The predicted octanol–water partition coefficient (Wildman–Crippen LogP) is 5.24. The van der Waals surface area contributed by atoms with Gasteiger partial charge in [0.2, 0.25) is 0 Å². The van der Waals surface area contributed by atoms with Crippen LogP contribution in [0.2, 0.25) is 0 Å². The van der Waals surface area contributed by atoms with Crippen LogP contribution in [0.25, 0.3) is 11.8 Å². The van der Waals surface area contributed by atoms with Crippen molar-refractivity contribution >= 4 is 46.7 Å². The third-order valence-corrected chi connectivity index (χ3v) is 9.09. The number of benzene rings is 2. The van der Waals surface area contributed by atoms with Crippen LogP contribution in [0.15, 0.2) is 91.4 Å². The van der Waals surface area contributed by atoms with Gasteiger partial charge in [-0.3, -0.25) is 9.36 Å². The van der Waals surface area contributed by atoms with Crippen LogP contribution in [0.1, 0.15) is 49.1 Å². The zero-order valence-corrected chi connectivity index (χ0v) is 24.7. The quantitative estimate of drug-likeness (QED) is 0.218. The van der Waals surface area contributed by atoms with E-state index in [0.717, 1.165) is 47.8 Å². The second kappa shape index (κ2) is 12.0. The number of hydrogen-bond donors (Lipinski definition) is 0. The van der Waals surface area contributed by atoms with Gasteiger partial charge in [-0.05, 0) is 56.2 Å². The first-order valence-electron chi connectivity index (χ1n) is 13.8. The minimum atomic E-state index is -0.695. The van der Waals surface area contributed by atoms with Crippen LogP contribution in [0.4, 0.5) is 5.88 Å². The number of carbonyl (C=O) groups is 1. The van der Waals surface area contributed by atoms with E-state index in [4.69, 9.17) is 14.1 Å². The molecule has 4 aromatic rings. The van der Waals surface area contributed by atoms with Gasteiger partial charge in [-0.2, -0.15) is 0 Å². The maximum atomic E-state index is 14.1. The molecule has 0 N–H and O–H groups in total. The van der Waals surface area contributed by atoms with Gasteiger partial charge in [0.15, 0.2) is 10.7 Å². The normalized spacial score (nSPS) is 17.4. The molecule has 0 bridgehead atoms. The van der Waals surface area contributed by atoms with Crippen LogP contribution in [-0.2, 0) is 9.53 Å². The van der Waals surface area contributed by atoms with E-state index in [1.807, 2.05) is 73.0 Å². The number of aromatic nitrogens is 1. The Morgan fingerprint density at radius 3 is 2.54 bits per heavy atom. The lowest BCUT2D eigenvalue weighted by molar-refractivity contribution is -0.138. The fourth-order valence-electron chi connectivity index (χ4n) is 5.38. The zero-order valence-electron chi connectivity index (χ0n) is 23.0. The fourth-order valence-corrected chi connectivity index (χ4v) is 6.76. The summed E-state index contributed by atoms with van der Waals surface area (Å²) in [6.07, 6.45) is 7.34. The number of nitrogens with zero attached hydrogens (tertiary/aromatic N) is 3. The average molecular weight is 586 g/mol. The minimum Gasteiger partial charge on any atom is -0.463 e. The van der Waals surface area contributed by atoms with Gasteiger partial charge in [0.05, 0.1) is 28.5 Å². The number of thioether (sulfide) groups is 1. The number of hydrogen-bond acceptors (Lipinski definition) is 8. The standard InChI is InChI=1S/C32H31N3O4S2/c1-3-38-31(37)27-28(21-10-6-4-7-11-21)33-32-35(29(27)22-12-15-24(40-2)16-13-22)30(36)25(41-32)20-23-14-17-26(39-23)34-18-8-5-9-19-34/h4,6-7,10-17,20,29H,3,5,8-9,18-19H2,1-2H3/b25-20-/t29-/m1/s1. The number of rotatable bonds is 7. The molecular weight excluding hydrogens is 555 g/mol. The van der Waals surface area contributed by atoms with Crippen molar-refractivity contribution in [3.8, 4) is 0 Å². The Bertz CT molecular complexity index is 1760. The monoisotopic (exact) mass is 585 g/mol. The molecule has 2 aliphatic rings. The molecule has 2 aromatic carbocycles. The topological polar surface area (TPSA) is 77.0 Å². The highest BCUT2D eigenvalue weighted by molar-refractivity contribution is 7.98. The largest absolute Gasteiger partial charge is 0.463 e. The Balaban J connectivity index is 1.54. The van der Waals surface area contributed by atoms with Gasteiger partial charge in [-0.1, -0.05) is 53.8 Å². The summed E-state index contributed by atoms with van der Waals surface area (Å²) in [5.41, 5.74) is 2.24. The first-order chi connectivity index (χ1) is 20.1. The lowest BCUT2D eigenvalue weighted by atomic mass is 9.93. The van der Waals surface area contributed by atoms with Gasteiger partial charge in [-0.15, -0.1) is 11.8 Å². The van der Waals surface area contributed by atoms with Crippen LogP contribution in [-0.4, -0.2) is 36.5 Å². The third-order valence-electron chi connectivity index (χ3n) is 7.36. The molecule has 0 amide bonds. The second-order valence-corrected chi connectivity index (χ2v) is 11.8. The number of piperidine rings is 1. The molecule has 0 aliphatic carbocycles. The summed E-state index contributed by atoms with van der Waals surface area (Å²) in [7, 11) is 0. The maximum Gasteiger partial charge on any atom is 0.338 e. The Morgan fingerprint density at radius 2 is 1.83 bits per heavy atom. The van der Waals surface area contributed by atoms with E-state index in [1.165, 1.54) is 17.8 Å². The highest BCUT2D eigenvalue weighted by atomic mass is 32.2. The van der Waals surface area contributed by atoms with Crippen molar-refractivity contribution in [3.63, 3.8) is 0 Å². The van der Waals surface area contributed by atoms with Crippen molar-refractivity contribution < 1.29 is 13.9 Å². The van der Waals surface area contributed by atoms with Crippen molar-refractivity contribution in [2.24, 2.45) is 4.99 Å². The summed E-state index contributed by atoms with van der Waals surface area (Å²) >= 11 is 2.93. The Morgan fingerprint density at radius 1 is 1.07 bits per heavy atom. The van der Waals surface area contributed by atoms with Gasteiger partial charge in [0.25, 0.3) is 5.56 Å². The molecule has 210 valence electrons. The number of thiazole rings is 1. The van der Waals surface area contributed by atoms with Crippen molar-refractivity contribution in [3.05, 3.63) is 109 Å². The third kappa shape index (κ3) is 5.44. The van der Waals surface area contributed by atoms with Gasteiger partial charge in [-0.25, -0.2) is 9.79 Å². The van der Waals surface area contributed by atoms with E-state index in [0.29, 0.717) is 26.4 Å². The van der Waals surface area contributed by atoms with Gasteiger partial charge in [0.1, 0.15) is 5.76 Å². The Kier molecular flexibility index (Phi) is 7.98. The molecule has 4 heterocycles. The molecule has 0 saturated carbocycles. The Labute approximate surface area is 246 Å². The molecule has 0 unspecified atom stereocenters. The number of carbonyl (C=O) groups excluding carboxylic acids is 1. The van der Waals surface area contributed by atoms with E-state index < -0.39 is 12.0 Å². The number of esters is 1. The molecule has 2 aromatic heterocycles. The maximum absolute atomic E-state index is 14.1. The van der Waals surface area contributed by atoms with Gasteiger partial charge in [0, 0.05) is 35.7 Å². The summed E-state index contributed by atoms with van der Waals surface area (Å²) in [5.74, 6) is 0.955. The zero-order chi connectivity index (χ0) is 28.3. The van der Waals surface area contributed by atoms with Crippen LogP contribution in [0.3, 0.4) is 0 Å². The summed E-state index contributed by atoms with van der Waals surface area (Å²) in [5, 5.41) is 0. The van der Waals surface area contributed by atoms with Crippen LogP contribution in [0.5, 0.6) is 0 Å². The highest BCUT2D eigenvalue weighted by Gasteiger charge is 2.35. The van der Waals surface area contributed by atoms with Crippen LogP contribution >= 0.6 is 23.1 Å². The molecule has 1 saturated heterocycles. The minimum absolute atomic E-state index is 0.213. The highest BCUT2D eigenvalue weighted by Crippen LogP contribution is 2.35. The molecule has 7 nitrogen and oxygen atoms in total. The lowest BCUT2D eigenvalue weighted by Crippen LogP contribution is -2.40. The van der Waals surface area contributed by atoms with Gasteiger partial charge >= 0.3 is 5.97 Å². The summed E-state index contributed by atoms with van der Waals surface area (Å²) in [6, 6.07) is 20.7. The second-order valence-electron chi connectivity index (χ2n) is 9.93. The van der Waals surface area contributed by atoms with E-state index in [9.17, 15) is 9.59 Å². The number of fused-ring (bicyclic) bond motifs is 1. The summed E-state index contributed by atoms with van der Waals surface area (Å²) < 4.78 is 13.8. The van der Waals surface area contributed by atoms with E-state index in [-0.39, 0.29) is 12.2 Å². The van der Waals surface area contributed by atoms with Gasteiger partial charge < -0.3 is 14.1 Å². The first-order valence-corrected chi connectivity index (χ1v) is 15.9. The van der Waals surface area contributed by atoms with Crippen molar-refractivity contribution in [1.82, 2.24) is 4.57 Å². The Hall–Kier alpha value is -3.82. The average Bonchev–Trinajstić information content (AvgIpc) is 3.61. The smallest absolute Gasteiger partial charge is 0.338 e. The summed E-state index contributed by atoms with van der Waals surface area (Å²) in [6.45, 7) is 3.94. The van der Waals surface area contributed by atoms with Crippen LogP contribution < -0.4 is 19.8 Å². The first kappa shape index (κ1) is 27.4. The van der Waals surface area contributed by atoms with E-state index in [2.05, 4.69) is 4.90 Å². The van der Waals surface area contributed by atoms with Crippen LogP contribution in [0, 0.1) is 0 Å². The van der Waals surface area contributed by atoms with Crippen molar-refractivity contribution in [2.75, 3.05) is 30.9 Å². The molecule has 41 heavy (non-hydrogen) atoms. The van der Waals surface area contributed by atoms with E-state index >= 15 is 0 Å². The number of anilines is 1. The molecule has 6 rings (SSSR count). The molecule has 9 heteroatoms. The van der Waals surface area contributed by atoms with Crippen molar-refractivity contribution in [2.45, 2.75) is 37.1 Å². The summed E-state index contributed by atoms with van der Waals surface area (Å²) in [4.78, 5) is 36.4. The van der Waals surface area contributed by atoms with Crippen molar-refractivity contribution in [1.29, 1.82) is 0 Å². The molecule has 0 radical (unpaired) electrons. The molecule has 0 spiro atoms. The lowest BCUT2D eigenvalue weighted by Gasteiger charge is -2.26. The molecular formula is C32H31N3O4S2. The SMILES string of the molecule is CCOC(=O)C1=C(c2ccccc2)N=c2s/c(=C\c3ccc(N4CCCCC4)o3)c(=O)n2[C@@H]1c1ccc(SC)cc1. The number of furan rings is 1. The molecule has 1 fully saturated rings. The predicted molar refractivity (Wildman–Crippen MR) is 164 cm³/mol. The molecule has 1 atom stereocenters. The number of ether oxygens (including phenoxy) is 1. The van der Waals surface area contributed by atoms with E-state index in [1.54, 1.807) is 29.3 Å². The fraction of sp³-hybridized carbons (Fsp3) is 0.281.